The van der Waals surface area contributed by atoms with Gasteiger partial charge in [-0.3, -0.25) is 4.90 Å². The molecule has 0 N–H and O–H groups in total. The molecule has 0 aromatic heterocycles. The second kappa shape index (κ2) is 8.15. The molecule has 2 aromatic carbocycles. The Kier molecular flexibility index (Phi) is 5.87. The van der Waals surface area contributed by atoms with Gasteiger partial charge in [-0.2, -0.15) is 4.31 Å². The highest BCUT2D eigenvalue weighted by Crippen LogP contribution is 2.35. The average molecular weight is 514 g/mol. The van der Waals surface area contributed by atoms with Gasteiger partial charge in [0.1, 0.15) is 6.61 Å². The first-order valence-corrected chi connectivity index (χ1v) is 12.3. The Bertz CT molecular complexity index is 1110. The third-order valence-electron chi connectivity index (χ3n) is 5.71. The first kappa shape index (κ1) is 21.6. The third-order valence-corrected chi connectivity index (χ3v) is 8.65. The summed E-state index contributed by atoms with van der Waals surface area (Å²) in [5.74, 6) is 0. The largest absolute Gasteiger partial charge is 0.444 e. The first-order valence-electron chi connectivity index (χ1n) is 9.70. The fraction of sp³-hybridized carbons (Fsp3) is 0.381. The summed E-state index contributed by atoms with van der Waals surface area (Å²) in [6.45, 7) is 4.47. The lowest BCUT2D eigenvalue weighted by Gasteiger charge is -2.40. The standard InChI is InChI=1S/C21H22BrClN2O4S/c1-13-10-20(14(2)9-18(13)23)30(27,28)24-7-5-17(6-8-24)25-19-4-3-16(22)11-15(19)12-29-21(25)26/h3-4,9-11,17H,5-8,12H2,1-2H3. The van der Waals surface area contributed by atoms with E-state index in [0.29, 0.717) is 36.5 Å². The maximum Gasteiger partial charge on any atom is 0.414 e. The van der Waals surface area contributed by atoms with Gasteiger partial charge in [-0.05, 0) is 68.1 Å². The normalized spacial score (nSPS) is 18.3. The van der Waals surface area contributed by atoms with Crippen molar-refractivity contribution in [3.05, 3.63) is 56.5 Å². The molecule has 9 heteroatoms. The minimum Gasteiger partial charge on any atom is -0.444 e. The predicted molar refractivity (Wildman–Crippen MR) is 120 cm³/mol. The van der Waals surface area contributed by atoms with E-state index in [1.165, 1.54) is 4.31 Å². The Morgan fingerprint density at radius 1 is 1.10 bits per heavy atom. The molecule has 2 aromatic rings. The second-order valence-corrected chi connectivity index (χ2v) is 10.9. The molecule has 30 heavy (non-hydrogen) atoms. The summed E-state index contributed by atoms with van der Waals surface area (Å²) in [5, 5.41) is 0.555. The maximum atomic E-state index is 13.2. The number of hydrogen-bond donors (Lipinski definition) is 0. The van der Waals surface area contributed by atoms with E-state index in [-0.39, 0.29) is 23.6 Å². The molecule has 0 unspecified atom stereocenters. The van der Waals surface area contributed by atoms with Gasteiger partial charge in [-0.1, -0.05) is 27.5 Å². The number of sulfonamides is 1. The Morgan fingerprint density at radius 2 is 1.80 bits per heavy atom. The molecule has 2 heterocycles. The lowest BCUT2D eigenvalue weighted by Crippen LogP contribution is -2.50. The Hall–Kier alpha value is -1.61. The van der Waals surface area contributed by atoms with Crippen molar-refractivity contribution in [2.75, 3.05) is 18.0 Å². The van der Waals surface area contributed by atoms with Crippen molar-refractivity contribution >= 4 is 49.3 Å². The summed E-state index contributed by atoms with van der Waals surface area (Å²) in [6, 6.07) is 8.96. The van der Waals surface area contributed by atoms with Crippen LogP contribution in [0.4, 0.5) is 10.5 Å². The van der Waals surface area contributed by atoms with E-state index in [9.17, 15) is 13.2 Å². The Balaban J connectivity index is 1.55. The topological polar surface area (TPSA) is 66.9 Å². The van der Waals surface area contributed by atoms with Crippen molar-refractivity contribution in [3.63, 3.8) is 0 Å². The van der Waals surface area contributed by atoms with Crippen LogP contribution >= 0.6 is 27.5 Å². The number of rotatable bonds is 3. The minimum absolute atomic E-state index is 0.114. The quantitative estimate of drug-likeness (QED) is 0.577. The van der Waals surface area contributed by atoms with E-state index < -0.39 is 10.0 Å². The zero-order valence-electron chi connectivity index (χ0n) is 16.7. The molecular weight excluding hydrogens is 492 g/mol. The third kappa shape index (κ3) is 3.86. The molecule has 2 aliphatic heterocycles. The molecule has 4 rings (SSSR count). The highest BCUT2D eigenvalue weighted by Gasteiger charge is 2.37. The number of carbonyl (C=O) groups excluding carboxylic acids is 1. The smallest absolute Gasteiger partial charge is 0.414 e. The first-order chi connectivity index (χ1) is 14.2. The van der Waals surface area contributed by atoms with Crippen molar-refractivity contribution in [3.8, 4) is 0 Å². The van der Waals surface area contributed by atoms with Crippen LogP contribution < -0.4 is 4.90 Å². The number of hydrogen-bond acceptors (Lipinski definition) is 4. The van der Waals surface area contributed by atoms with Gasteiger partial charge in [0.05, 0.1) is 10.6 Å². The summed E-state index contributed by atoms with van der Waals surface area (Å²) in [5.41, 5.74) is 3.13. The number of piperidine rings is 1. The number of cyclic esters (lactones) is 1. The van der Waals surface area contributed by atoms with Gasteiger partial charge in [-0.15, -0.1) is 0 Å². The van der Waals surface area contributed by atoms with Crippen LogP contribution in [0.25, 0.3) is 0 Å². The van der Waals surface area contributed by atoms with E-state index in [1.807, 2.05) is 18.2 Å². The van der Waals surface area contributed by atoms with Crippen LogP contribution in [-0.4, -0.2) is 37.9 Å². The highest BCUT2D eigenvalue weighted by molar-refractivity contribution is 9.10. The fourth-order valence-electron chi connectivity index (χ4n) is 4.07. The SMILES string of the molecule is Cc1cc(S(=O)(=O)N2CCC(N3C(=O)OCc4cc(Br)ccc43)CC2)c(C)cc1Cl. The molecule has 2 aliphatic rings. The highest BCUT2D eigenvalue weighted by atomic mass is 79.9. The number of amides is 1. The summed E-state index contributed by atoms with van der Waals surface area (Å²) in [4.78, 5) is 14.5. The number of aryl methyl sites for hydroxylation is 2. The molecule has 0 saturated carbocycles. The van der Waals surface area contributed by atoms with Crippen LogP contribution in [0.15, 0.2) is 39.7 Å². The molecule has 0 atom stereocenters. The van der Waals surface area contributed by atoms with Gasteiger partial charge >= 0.3 is 6.09 Å². The van der Waals surface area contributed by atoms with E-state index in [1.54, 1.807) is 30.9 Å². The molecule has 0 aliphatic carbocycles. The molecule has 0 radical (unpaired) electrons. The minimum atomic E-state index is -3.63. The molecule has 1 amide bonds. The van der Waals surface area contributed by atoms with Gasteiger partial charge in [-0.25, -0.2) is 13.2 Å². The summed E-state index contributed by atoms with van der Waals surface area (Å²) in [6.07, 6.45) is 0.695. The lowest BCUT2D eigenvalue weighted by molar-refractivity contribution is 0.135. The molecule has 6 nitrogen and oxygen atoms in total. The van der Waals surface area contributed by atoms with Crippen molar-refractivity contribution in [1.82, 2.24) is 4.31 Å². The van der Waals surface area contributed by atoms with Crippen LogP contribution in [0.5, 0.6) is 0 Å². The van der Waals surface area contributed by atoms with Crippen molar-refractivity contribution in [2.45, 2.75) is 44.2 Å². The van der Waals surface area contributed by atoms with E-state index in [0.717, 1.165) is 21.3 Å². The van der Waals surface area contributed by atoms with E-state index in [2.05, 4.69) is 15.9 Å². The number of benzene rings is 2. The zero-order valence-corrected chi connectivity index (χ0v) is 19.8. The van der Waals surface area contributed by atoms with Crippen molar-refractivity contribution < 1.29 is 17.9 Å². The van der Waals surface area contributed by atoms with Gasteiger partial charge in [0.15, 0.2) is 0 Å². The van der Waals surface area contributed by atoms with Crippen LogP contribution in [0.2, 0.25) is 5.02 Å². The van der Waals surface area contributed by atoms with Crippen LogP contribution in [0.1, 0.15) is 29.5 Å². The zero-order chi connectivity index (χ0) is 21.6. The van der Waals surface area contributed by atoms with Gasteiger partial charge in [0.25, 0.3) is 0 Å². The van der Waals surface area contributed by atoms with E-state index >= 15 is 0 Å². The predicted octanol–water partition coefficient (Wildman–Crippen LogP) is 5.03. The summed E-state index contributed by atoms with van der Waals surface area (Å²) < 4.78 is 34.2. The second-order valence-electron chi connectivity index (χ2n) is 7.70. The van der Waals surface area contributed by atoms with Gasteiger partial charge < -0.3 is 4.74 Å². The Morgan fingerprint density at radius 3 is 2.50 bits per heavy atom. The van der Waals surface area contributed by atoms with Gasteiger partial charge in [0, 0.05) is 34.2 Å². The maximum absolute atomic E-state index is 13.2. The molecular formula is C21H22BrClN2O4S. The number of fused-ring (bicyclic) bond motifs is 1. The van der Waals surface area contributed by atoms with Crippen molar-refractivity contribution in [1.29, 1.82) is 0 Å². The average Bonchev–Trinajstić information content (AvgIpc) is 2.71. The number of halogens is 2. The summed E-state index contributed by atoms with van der Waals surface area (Å²) in [7, 11) is -3.63. The molecule has 1 fully saturated rings. The number of ether oxygens (including phenoxy) is 1. The number of carbonyl (C=O) groups is 1. The number of nitrogens with zero attached hydrogens (tertiary/aromatic N) is 2. The van der Waals surface area contributed by atoms with Crippen LogP contribution in [-0.2, 0) is 21.4 Å². The van der Waals surface area contributed by atoms with Crippen molar-refractivity contribution in [2.24, 2.45) is 0 Å². The van der Waals surface area contributed by atoms with Crippen LogP contribution in [0, 0.1) is 13.8 Å². The molecule has 0 bridgehead atoms. The molecule has 160 valence electrons. The monoisotopic (exact) mass is 512 g/mol. The molecule has 0 spiro atoms. The summed E-state index contributed by atoms with van der Waals surface area (Å²) >= 11 is 9.58. The lowest BCUT2D eigenvalue weighted by atomic mass is 10.0. The number of anilines is 1. The van der Waals surface area contributed by atoms with Crippen LogP contribution in [0.3, 0.4) is 0 Å². The fourth-order valence-corrected chi connectivity index (χ4v) is 6.46. The van der Waals surface area contributed by atoms with E-state index in [4.69, 9.17) is 16.3 Å². The van der Waals surface area contributed by atoms with Gasteiger partial charge in [0.2, 0.25) is 10.0 Å². The molecule has 1 saturated heterocycles. The Labute approximate surface area is 189 Å².